The average molecular weight is 443 g/mol. The molecule has 1 heterocycles. The van der Waals surface area contributed by atoms with Crippen LogP contribution in [-0.4, -0.2) is 0 Å². The third kappa shape index (κ3) is 3.04. The van der Waals surface area contributed by atoms with Crippen LogP contribution in [0.3, 0.4) is 0 Å². The van der Waals surface area contributed by atoms with Crippen molar-refractivity contribution in [2.45, 2.75) is 13.0 Å². The molecule has 17 heavy (non-hydrogen) atoms. The molecule has 0 saturated carbocycles. The fraction of sp³-hybridized carbons (Fsp3) is 0.167. The van der Waals surface area contributed by atoms with Gasteiger partial charge in [-0.1, -0.05) is 11.6 Å². The van der Waals surface area contributed by atoms with Gasteiger partial charge < -0.3 is 5.73 Å². The number of aryl methyl sites for hydroxylation is 1. The van der Waals surface area contributed by atoms with Gasteiger partial charge in [-0.3, -0.25) is 0 Å². The molecule has 2 rings (SSSR count). The SMILES string of the molecule is Cc1sc(C(N)c2cc(Cl)ccc2I)cc1Br. The number of hydrogen-bond donors (Lipinski definition) is 1. The summed E-state index contributed by atoms with van der Waals surface area (Å²) in [5, 5.41) is 0.725. The summed E-state index contributed by atoms with van der Waals surface area (Å²) in [4.78, 5) is 2.39. The topological polar surface area (TPSA) is 26.0 Å². The third-order valence-corrected chi connectivity index (χ3v) is 5.91. The highest BCUT2D eigenvalue weighted by Crippen LogP contribution is 2.34. The Morgan fingerprint density at radius 1 is 1.41 bits per heavy atom. The molecule has 5 heteroatoms. The van der Waals surface area contributed by atoms with Gasteiger partial charge in [0.1, 0.15) is 0 Å². The predicted molar refractivity (Wildman–Crippen MR) is 87.0 cm³/mol. The Labute approximate surface area is 132 Å². The van der Waals surface area contributed by atoms with E-state index in [4.69, 9.17) is 17.3 Å². The van der Waals surface area contributed by atoms with Gasteiger partial charge in [-0.2, -0.15) is 0 Å². The number of thiophene rings is 1. The molecule has 2 N–H and O–H groups in total. The summed E-state index contributed by atoms with van der Waals surface area (Å²) in [6, 6.07) is 7.79. The van der Waals surface area contributed by atoms with Crippen LogP contribution in [0.25, 0.3) is 0 Å². The van der Waals surface area contributed by atoms with Crippen LogP contribution in [0, 0.1) is 10.5 Å². The van der Waals surface area contributed by atoms with Gasteiger partial charge in [-0.25, -0.2) is 0 Å². The highest BCUT2D eigenvalue weighted by Gasteiger charge is 2.16. The zero-order valence-corrected chi connectivity index (χ0v) is 14.3. The van der Waals surface area contributed by atoms with Crippen molar-refractivity contribution in [3.63, 3.8) is 0 Å². The summed E-state index contributed by atoms with van der Waals surface area (Å²) < 4.78 is 2.26. The van der Waals surface area contributed by atoms with Gasteiger partial charge in [0.25, 0.3) is 0 Å². The van der Waals surface area contributed by atoms with E-state index >= 15 is 0 Å². The van der Waals surface area contributed by atoms with E-state index in [1.807, 2.05) is 18.2 Å². The van der Waals surface area contributed by atoms with Crippen molar-refractivity contribution >= 4 is 61.5 Å². The molecule has 0 fully saturated rings. The lowest BCUT2D eigenvalue weighted by molar-refractivity contribution is 0.886. The van der Waals surface area contributed by atoms with Crippen LogP contribution in [-0.2, 0) is 0 Å². The van der Waals surface area contributed by atoms with Crippen molar-refractivity contribution in [3.05, 3.63) is 52.6 Å². The number of benzene rings is 1. The Morgan fingerprint density at radius 2 is 2.12 bits per heavy atom. The van der Waals surface area contributed by atoms with Gasteiger partial charge >= 0.3 is 0 Å². The Kier molecular flexibility index (Phi) is 4.52. The Hall–Kier alpha value is 0.380. The van der Waals surface area contributed by atoms with Crippen molar-refractivity contribution in [3.8, 4) is 0 Å². The molecule has 0 spiro atoms. The van der Waals surface area contributed by atoms with E-state index in [2.05, 4.69) is 51.5 Å². The van der Waals surface area contributed by atoms with E-state index in [0.29, 0.717) is 0 Å². The summed E-state index contributed by atoms with van der Waals surface area (Å²) >= 11 is 13.5. The van der Waals surface area contributed by atoms with Crippen LogP contribution in [0.15, 0.2) is 28.7 Å². The second-order valence-corrected chi connectivity index (χ2v) is 7.44. The van der Waals surface area contributed by atoms with Crippen LogP contribution < -0.4 is 5.73 Å². The number of rotatable bonds is 2. The molecule has 0 aliphatic heterocycles. The van der Waals surface area contributed by atoms with Gasteiger partial charge in [0, 0.05) is 22.8 Å². The molecule has 0 aliphatic rings. The van der Waals surface area contributed by atoms with Crippen molar-refractivity contribution in [1.29, 1.82) is 0 Å². The molecule has 1 nitrogen and oxygen atoms in total. The monoisotopic (exact) mass is 441 g/mol. The number of halogens is 3. The molecular formula is C12H10BrClINS. The van der Waals surface area contributed by atoms with Crippen molar-refractivity contribution in [2.75, 3.05) is 0 Å². The molecule has 0 aliphatic carbocycles. The quantitative estimate of drug-likeness (QED) is 0.642. The predicted octanol–water partition coefficient (Wildman–Crippen LogP) is 5.13. The van der Waals surface area contributed by atoms with E-state index in [9.17, 15) is 0 Å². The normalized spacial score (nSPS) is 12.8. The minimum Gasteiger partial charge on any atom is -0.320 e. The Balaban J connectivity index is 2.42. The summed E-state index contributed by atoms with van der Waals surface area (Å²) in [6.07, 6.45) is 0. The van der Waals surface area contributed by atoms with E-state index < -0.39 is 0 Å². The second kappa shape index (κ2) is 5.57. The largest absolute Gasteiger partial charge is 0.320 e. The first-order valence-corrected chi connectivity index (χ1v) is 8.02. The summed E-state index contributed by atoms with van der Waals surface area (Å²) in [6.45, 7) is 2.08. The minimum atomic E-state index is -0.115. The van der Waals surface area contributed by atoms with Gasteiger partial charge in [-0.05, 0) is 75.3 Å². The smallest absolute Gasteiger partial charge is 0.0657 e. The molecule has 1 atom stereocenters. The summed E-state index contributed by atoms with van der Waals surface area (Å²) in [5.74, 6) is 0. The van der Waals surface area contributed by atoms with Crippen LogP contribution in [0.5, 0.6) is 0 Å². The summed E-state index contributed by atoms with van der Waals surface area (Å²) in [5.41, 5.74) is 7.37. The highest BCUT2D eigenvalue weighted by molar-refractivity contribution is 14.1. The molecule has 2 aromatic rings. The lowest BCUT2D eigenvalue weighted by Crippen LogP contribution is -2.11. The zero-order valence-electron chi connectivity index (χ0n) is 9.01. The second-order valence-electron chi connectivity index (χ2n) is 3.70. The molecule has 90 valence electrons. The molecule has 1 aromatic carbocycles. The van der Waals surface area contributed by atoms with Crippen molar-refractivity contribution in [2.24, 2.45) is 5.73 Å². The number of nitrogens with two attached hydrogens (primary N) is 1. The molecule has 0 radical (unpaired) electrons. The zero-order chi connectivity index (χ0) is 12.6. The molecule has 0 saturated heterocycles. The van der Waals surface area contributed by atoms with E-state index in [1.54, 1.807) is 11.3 Å². The molecule has 1 unspecified atom stereocenters. The third-order valence-electron chi connectivity index (χ3n) is 2.48. The first-order valence-electron chi connectivity index (χ1n) is 4.95. The maximum Gasteiger partial charge on any atom is 0.0657 e. The fourth-order valence-corrected chi connectivity index (χ4v) is 3.97. The Morgan fingerprint density at radius 3 is 2.71 bits per heavy atom. The van der Waals surface area contributed by atoms with Gasteiger partial charge in [0.2, 0.25) is 0 Å². The van der Waals surface area contributed by atoms with Crippen LogP contribution in [0.2, 0.25) is 5.02 Å². The van der Waals surface area contributed by atoms with E-state index in [1.165, 1.54) is 4.88 Å². The number of hydrogen-bond acceptors (Lipinski definition) is 2. The molecule has 0 bridgehead atoms. The Bertz CT molecular complexity index is 536. The maximum atomic E-state index is 6.29. The van der Waals surface area contributed by atoms with E-state index in [0.717, 1.165) is 23.5 Å². The molecule has 0 amide bonds. The lowest BCUT2D eigenvalue weighted by Gasteiger charge is -2.12. The standard InChI is InChI=1S/C12H10BrClINS/c1-6-9(13)5-11(17-6)12(16)8-4-7(14)2-3-10(8)15/h2-5,12H,16H2,1H3. The van der Waals surface area contributed by atoms with Crippen LogP contribution in [0.4, 0.5) is 0 Å². The highest BCUT2D eigenvalue weighted by atomic mass is 127. The first-order chi connectivity index (χ1) is 7.99. The van der Waals surface area contributed by atoms with Crippen LogP contribution in [0.1, 0.15) is 21.4 Å². The van der Waals surface area contributed by atoms with Crippen molar-refractivity contribution < 1.29 is 0 Å². The maximum absolute atomic E-state index is 6.29. The van der Waals surface area contributed by atoms with Gasteiger partial charge in [0.05, 0.1) is 6.04 Å². The van der Waals surface area contributed by atoms with E-state index in [-0.39, 0.29) is 6.04 Å². The van der Waals surface area contributed by atoms with Gasteiger partial charge in [-0.15, -0.1) is 11.3 Å². The average Bonchev–Trinajstić information content (AvgIpc) is 2.62. The van der Waals surface area contributed by atoms with Gasteiger partial charge in [0.15, 0.2) is 0 Å². The fourth-order valence-electron chi connectivity index (χ4n) is 1.54. The molecular weight excluding hydrogens is 432 g/mol. The first kappa shape index (κ1) is 13.8. The lowest BCUT2D eigenvalue weighted by atomic mass is 10.1. The van der Waals surface area contributed by atoms with Crippen molar-refractivity contribution in [1.82, 2.24) is 0 Å². The van der Waals surface area contributed by atoms with Crippen LogP contribution >= 0.6 is 61.5 Å². The molecule has 1 aromatic heterocycles. The minimum absolute atomic E-state index is 0.115. The summed E-state index contributed by atoms with van der Waals surface area (Å²) in [7, 11) is 0.